The van der Waals surface area contributed by atoms with Gasteiger partial charge in [-0.25, -0.2) is 4.39 Å². The maximum Gasteiger partial charge on any atom is 0.309 e. The van der Waals surface area contributed by atoms with Crippen LogP contribution in [0, 0.1) is 11.7 Å². The van der Waals surface area contributed by atoms with E-state index in [4.69, 9.17) is 5.11 Å². The Morgan fingerprint density at radius 2 is 1.79 bits per heavy atom. The number of nitrogens with one attached hydrogen (secondary N) is 2. The van der Waals surface area contributed by atoms with Gasteiger partial charge in [-0.05, 0) is 23.6 Å². The second kappa shape index (κ2) is 7.48. The molecule has 19 heavy (non-hydrogen) atoms. The van der Waals surface area contributed by atoms with Gasteiger partial charge in [0.2, 0.25) is 0 Å². The van der Waals surface area contributed by atoms with E-state index in [-0.39, 0.29) is 31.4 Å². The predicted molar refractivity (Wildman–Crippen MR) is 67.5 cm³/mol. The summed E-state index contributed by atoms with van der Waals surface area (Å²) >= 11 is 0. The average molecular weight is 268 g/mol. The molecule has 2 amide bonds. The fourth-order valence-electron chi connectivity index (χ4n) is 1.28. The van der Waals surface area contributed by atoms with Crippen molar-refractivity contribution in [2.75, 3.05) is 13.2 Å². The molecule has 1 aromatic carbocycles. The van der Waals surface area contributed by atoms with E-state index in [2.05, 4.69) is 10.6 Å². The Morgan fingerprint density at radius 1 is 1.21 bits per heavy atom. The van der Waals surface area contributed by atoms with Crippen LogP contribution in [0.5, 0.6) is 0 Å². The zero-order valence-corrected chi connectivity index (χ0v) is 10.6. The van der Waals surface area contributed by atoms with Gasteiger partial charge in [0.15, 0.2) is 0 Å². The third kappa shape index (κ3) is 5.48. The Balaban J connectivity index is 2.34. The lowest BCUT2D eigenvalue weighted by molar-refractivity contribution is -0.139. The normalized spacial score (nSPS) is 11.7. The van der Waals surface area contributed by atoms with Crippen molar-refractivity contribution < 1.29 is 19.1 Å². The minimum atomic E-state index is -0.755. The van der Waals surface area contributed by atoms with Crippen LogP contribution in [0.1, 0.15) is 12.5 Å². The number of amides is 2. The van der Waals surface area contributed by atoms with Crippen LogP contribution >= 0.6 is 0 Å². The lowest BCUT2D eigenvalue weighted by Crippen LogP contribution is -2.41. The number of carbonyl (C=O) groups is 2. The third-order valence-corrected chi connectivity index (χ3v) is 2.50. The first-order chi connectivity index (χ1) is 9.02. The Bertz CT molecular complexity index is 434. The molecule has 0 aliphatic rings. The van der Waals surface area contributed by atoms with Gasteiger partial charge < -0.3 is 15.7 Å². The van der Waals surface area contributed by atoms with E-state index < -0.39 is 11.8 Å². The highest BCUT2D eigenvalue weighted by Gasteiger charge is 2.13. The van der Waals surface area contributed by atoms with Crippen LogP contribution in [0.25, 0.3) is 0 Å². The van der Waals surface area contributed by atoms with Crippen LogP contribution in [0.4, 0.5) is 4.39 Å². The van der Waals surface area contributed by atoms with Crippen molar-refractivity contribution in [3.63, 3.8) is 0 Å². The van der Waals surface area contributed by atoms with Gasteiger partial charge in [-0.2, -0.15) is 0 Å². The zero-order valence-electron chi connectivity index (χ0n) is 10.6. The Kier molecular flexibility index (Phi) is 5.95. The first-order valence-electron chi connectivity index (χ1n) is 5.94. The summed E-state index contributed by atoms with van der Waals surface area (Å²) in [7, 11) is 0. The van der Waals surface area contributed by atoms with Gasteiger partial charge in [0.05, 0.1) is 0 Å². The van der Waals surface area contributed by atoms with E-state index in [0.29, 0.717) is 5.56 Å². The Labute approximate surface area is 110 Å². The maximum absolute atomic E-state index is 12.7. The highest BCUT2D eigenvalue weighted by molar-refractivity contribution is 6.35. The Hall–Kier alpha value is -1.95. The van der Waals surface area contributed by atoms with Crippen molar-refractivity contribution in [3.8, 4) is 0 Å². The van der Waals surface area contributed by atoms with Gasteiger partial charge in [0.25, 0.3) is 0 Å². The van der Waals surface area contributed by atoms with Crippen molar-refractivity contribution in [1.29, 1.82) is 0 Å². The van der Waals surface area contributed by atoms with Crippen LogP contribution in [-0.4, -0.2) is 30.1 Å². The molecular weight excluding hydrogens is 251 g/mol. The predicted octanol–water partition coefficient (Wildman–Crippen LogP) is 0.186. The van der Waals surface area contributed by atoms with Gasteiger partial charge in [0, 0.05) is 19.7 Å². The summed E-state index contributed by atoms with van der Waals surface area (Å²) in [5.41, 5.74) is 0.700. The fraction of sp³-hybridized carbons (Fsp3) is 0.385. The maximum atomic E-state index is 12.7. The van der Waals surface area contributed by atoms with Crippen LogP contribution in [-0.2, 0) is 16.1 Å². The SMILES string of the molecule is CC(CO)CNC(=O)C(=O)NCc1ccc(F)cc1. The van der Waals surface area contributed by atoms with E-state index in [0.717, 1.165) is 0 Å². The van der Waals surface area contributed by atoms with E-state index in [9.17, 15) is 14.0 Å². The fourth-order valence-corrected chi connectivity index (χ4v) is 1.28. The topological polar surface area (TPSA) is 78.4 Å². The molecule has 1 unspecified atom stereocenters. The number of aliphatic hydroxyl groups excluding tert-OH is 1. The lowest BCUT2D eigenvalue weighted by atomic mass is 10.2. The van der Waals surface area contributed by atoms with Gasteiger partial charge >= 0.3 is 11.8 Å². The summed E-state index contributed by atoms with van der Waals surface area (Å²) in [5.74, 6) is -1.96. The monoisotopic (exact) mass is 268 g/mol. The highest BCUT2D eigenvalue weighted by atomic mass is 19.1. The molecule has 0 fully saturated rings. The minimum Gasteiger partial charge on any atom is -0.396 e. The van der Waals surface area contributed by atoms with Gasteiger partial charge in [-0.15, -0.1) is 0 Å². The number of aliphatic hydroxyl groups is 1. The summed E-state index contributed by atoms with van der Waals surface area (Å²) in [6, 6.07) is 5.62. The second-order valence-corrected chi connectivity index (χ2v) is 4.31. The molecule has 1 atom stereocenters. The molecule has 0 aromatic heterocycles. The summed E-state index contributed by atoms with van der Waals surface area (Å²) in [4.78, 5) is 22.8. The molecule has 6 heteroatoms. The van der Waals surface area contributed by atoms with E-state index in [1.54, 1.807) is 6.92 Å². The molecule has 5 nitrogen and oxygen atoms in total. The number of hydrogen-bond donors (Lipinski definition) is 3. The van der Waals surface area contributed by atoms with Crippen LogP contribution in [0.2, 0.25) is 0 Å². The quantitative estimate of drug-likeness (QED) is 0.667. The van der Waals surface area contributed by atoms with Gasteiger partial charge in [-0.3, -0.25) is 9.59 Å². The van der Waals surface area contributed by atoms with Crippen LogP contribution in [0.15, 0.2) is 24.3 Å². The number of rotatable bonds is 5. The summed E-state index contributed by atoms with van der Waals surface area (Å²) in [6.07, 6.45) is 0. The summed E-state index contributed by atoms with van der Waals surface area (Å²) in [6.45, 7) is 2.08. The molecule has 0 aliphatic carbocycles. The minimum absolute atomic E-state index is 0.0581. The molecule has 0 saturated heterocycles. The number of carbonyl (C=O) groups excluding carboxylic acids is 2. The molecule has 0 bridgehead atoms. The molecule has 0 radical (unpaired) electrons. The van der Waals surface area contributed by atoms with Gasteiger partial charge in [-0.1, -0.05) is 19.1 Å². The average Bonchev–Trinajstić information content (AvgIpc) is 2.43. The molecule has 1 aromatic rings. The van der Waals surface area contributed by atoms with E-state index in [1.807, 2.05) is 0 Å². The van der Waals surface area contributed by atoms with E-state index >= 15 is 0 Å². The van der Waals surface area contributed by atoms with E-state index in [1.165, 1.54) is 24.3 Å². The van der Waals surface area contributed by atoms with Crippen molar-refractivity contribution in [3.05, 3.63) is 35.6 Å². The first kappa shape index (κ1) is 15.1. The molecule has 3 N–H and O–H groups in total. The standard InChI is InChI=1S/C13H17FN2O3/c1-9(8-17)6-15-12(18)13(19)16-7-10-2-4-11(14)5-3-10/h2-5,9,17H,6-8H2,1H3,(H,15,18)(H,16,19). The second-order valence-electron chi connectivity index (χ2n) is 4.31. The zero-order chi connectivity index (χ0) is 14.3. The van der Waals surface area contributed by atoms with Crippen molar-refractivity contribution >= 4 is 11.8 Å². The smallest absolute Gasteiger partial charge is 0.309 e. The largest absolute Gasteiger partial charge is 0.396 e. The number of benzene rings is 1. The van der Waals surface area contributed by atoms with Crippen molar-refractivity contribution in [1.82, 2.24) is 10.6 Å². The van der Waals surface area contributed by atoms with Crippen LogP contribution in [0.3, 0.4) is 0 Å². The number of halogens is 1. The molecular formula is C13H17FN2O3. The lowest BCUT2D eigenvalue weighted by Gasteiger charge is -2.09. The first-order valence-corrected chi connectivity index (χ1v) is 5.94. The Morgan fingerprint density at radius 3 is 2.37 bits per heavy atom. The highest BCUT2D eigenvalue weighted by Crippen LogP contribution is 2.01. The number of hydrogen-bond acceptors (Lipinski definition) is 3. The summed E-state index contributed by atoms with van der Waals surface area (Å²) < 4.78 is 12.7. The van der Waals surface area contributed by atoms with Gasteiger partial charge in [0.1, 0.15) is 5.82 Å². The third-order valence-electron chi connectivity index (χ3n) is 2.50. The van der Waals surface area contributed by atoms with Crippen LogP contribution < -0.4 is 10.6 Å². The van der Waals surface area contributed by atoms with Crippen molar-refractivity contribution in [2.45, 2.75) is 13.5 Å². The summed E-state index contributed by atoms with van der Waals surface area (Å²) in [5, 5.41) is 13.6. The molecule has 0 aliphatic heterocycles. The van der Waals surface area contributed by atoms with Crippen molar-refractivity contribution in [2.24, 2.45) is 5.92 Å². The molecule has 0 saturated carbocycles. The molecule has 1 rings (SSSR count). The molecule has 104 valence electrons. The molecule has 0 heterocycles. The molecule has 0 spiro atoms.